The zero-order valence-electron chi connectivity index (χ0n) is 18.1. The maximum atomic E-state index is 12.3. The van der Waals surface area contributed by atoms with E-state index in [1.165, 1.54) is 4.90 Å². The molecule has 166 valence electrons. The Hall–Kier alpha value is -4.18. The van der Waals surface area contributed by atoms with Crippen molar-refractivity contribution in [1.82, 2.24) is 30.0 Å². The van der Waals surface area contributed by atoms with Crippen LogP contribution in [0.1, 0.15) is 17.7 Å². The summed E-state index contributed by atoms with van der Waals surface area (Å²) in [6.45, 7) is 2.41. The SMILES string of the molecule is Cc1ccc(Nc2nccc(-c3cccc(-c4cc([C@]5(O)CCN(C)C5=O)on4)n3)n2)nc1. The molecule has 5 rings (SSSR count). The van der Waals surface area contributed by atoms with Crippen LogP contribution in [0.4, 0.5) is 11.8 Å². The Labute approximate surface area is 189 Å². The van der Waals surface area contributed by atoms with Gasteiger partial charge in [0.15, 0.2) is 5.76 Å². The molecule has 0 spiro atoms. The number of aryl methyl sites for hydroxylation is 1. The molecular weight excluding hydrogens is 422 g/mol. The van der Waals surface area contributed by atoms with Crippen LogP contribution in [0.2, 0.25) is 0 Å². The van der Waals surface area contributed by atoms with Crippen molar-refractivity contribution in [1.29, 1.82) is 0 Å². The van der Waals surface area contributed by atoms with Crippen molar-refractivity contribution >= 4 is 17.7 Å². The van der Waals surface area contributed by atoms with Crippen LogP contribution in [0, 0.1) is 6.92 Å². The van der Waals surface area contributed by atoms with Crippen LogP contribution in [0.15, 0.2) is 59.4 Å². The quantitative estimate of drug-likeness (QED) is 0.478. The summed E-state index contributed by atoms with van der Waals surface area (Å²) in [5.41, 5.74) is 1.52. The summed E-state index contributed by atoms with van der Waals surface area (Å²) in [4.78, 5) is 31.5. The lowest BCUT2D eigenvalue weighted by Gasteiger charge is -2.16. The molecule has 1 fully saturated rings. The van der Waals surface area contributed by atoms with E-state index in [9.17, 15) is 9.90 Å². The van der Waals surface area contributed by atoms with Gasteiger partial charge in [0.25, 0.3) is 5.91 Å². The molecule has 1 saturated heterocycles. The van der Waals surface area contributed by atoms with Crippen molar-refractivity contribution in [2.75, 3.05) is 18.9 Å². The molecule has 1 amide bonds. The first-order valence-electron chi connectivity index (χ1n) is 10.4. The third kappa shape index (κ3) is 3.92. The smallest absolute Gasteiger partial charge is 0.262 e. The molecule has 1 atom stereocenters. The Morgan fingerprint density at radius 1 is 1.06 bits per heavy atom. The summed E-state index contributed by atoms with van der Waals surface area (Å²) >= 11 is 0. The lowest BCUT2D eigenvalue weighted by Crippen LogP contribution is -2.35. The highest BCUT2D eigenvalue weighted by atomic mass is 16.5. The van der Waals surface area contributed by atoms with Gasteiger partial charge >= 0.3 is 0 Å². The minimum absolute atomic E-state index is 0.109. The second-order valence-corrected chi connectivity index (χ2v) is 7.93. The molecule has 10 nitrogen and oxygen atoms in total. The number of aromatic nitrogens is 5. The highest BCUT2D eigenvalue weighted by Crippen LogP contribution is 2.34. The van der Waals surface area contributed by atoms with E-state index in [0.717, 1.165) is 5.56 Å². The summed E-state index contributed by atoms with van der Waals surface area (Å²) in [6, 6.07) is 12.5. The maximum absolute atomic E-state index is 12.3. The number of carbonyl (C=O) groups is 1. The number of rotatable bonds is 5. The van der Waals surface area contributed by atoms with Gasteiger partial charge in [-0.15, -0.1) is 0 Å². The van der Waals surface area contributed by atoms with Crippen molar-refractivity contribution in [3.8, 4) is 22.8 Å². The molecule has 1 aliphatic rings. The minimum atomic E-state index is -1.70. The van der Waals surface area contributed by atoms with Crippen molar-refractivity contribution in [2.45, 2.75) is 18.9 Å². The Balaban J connectivity index is 1.41. The van der Waals surface area contributed by atoms with Gasteiger partial charge in [-0.3, -0.25) is 4.79 Å². The highest BCUT2D eigenvalue weighted by molar-refractivity contribution is 5.87. The molecule has 0 aliphatic carbocycles. The number of hydrogen-bond acceptors (Lipinski definition) is 9. The fourth-order valence-electron chi connectivity index (χ4n) is 3.61. The number of nitrogens with zero attached hydrogens (tertiary/aromatic N) is 6. The van der Waals surface area contributed by atoms with E-state index in [1.54, 1.807) is 37.6 Å². The van der Waals surface area contributed by atoms with Crippen LogP contribution in [0.3, 0.4) is 0 Å². The molecule has 4 aromatic rings. The second kappa shape index (κ2) is 8.06. The summed E-state index contributed by atoms with van der Waals surface area (Å²) in [7, 11) is 1.64. The Morgan fingerprint density at radius 2 is 1.85 bits per heavy atom. The predicted octanol–water partition coefficient (Wildman–Crippen LogP) is 2.69. The standard InChI is InChI=1S/C23H21N7O3/c1-14-6-7-20(25-13-14)28-22-24-10-8-17(27-22)15-4-3-5-16(26-15)18-12-19(33-29-18)23(32)9-11-30(2)21(23)31/h3-8,10,12-13,32H,9,11H2,1-2H3,(H,24,25,27,28)/t23-/m1/s1. The van der Waals surface area contributed by atoms with E-state index in [0.29, 0.717) is 41.1 Å². The fraction of sp³-hybridized carbons (Fsp3) is 0.217. The van der Waals surface area contributed by atoms with Gasteiger partial charge in [0.2, 0.25) is 11.5 Å². The van der Waals surface area contributed by atoms with E-state index in [1.807, 2.05) is 31.2 Å². The number of likely N-dealkylation sites (tertiary alicyclic amines) is 1. The first kappa shape index (κ1) is 20.7. The van der Waals surface area contributed by atoms with Crippen LogP contribution in [-0.4, -0.2) is 54.6 Å². The average molecular weight is 443 g/mol. The number of amides is 1. The van der Waals surface area contributed by atoms with Crippen LogP contribution in [0.25, 0.3) is 22.8 Å². The average Bonchev–Trinajstić information content (AvgIpc) is 3.43. The molecule has 0 bridgehead atoms. The third-order valence-corrected chi connectivity index (χ3v) is 5.51. The summed E-state index contributed by atoms with van der Waals surface area (Å²) in [5.74, 6) is 0.736. The van der Waals surface area contributed by atoms with Crippen LogP contribution in [0.5, 0.6) is 0 Å². The van der Waals surface area contributed by atoms with E-state index >= 15 is 0 Å². The Bertz CT molecular complexity index is 1320. The number of likely N-dealkylation sites (N-methyl/N-ethyl adjacent to an activating group) is 1. The van der Waals surface area contributed by atoms with E-state index in [4.69, 9.17) is 4.52 Å². The summed E-state index contributed by atoms with van der Waals surface area (Å²) in [5, 5.41) is 17.9. The van der Waals surface area contributed by atoms with E-state index < -0.39 is 11.5 Å². The minimum Gasteiger partial charge on any atom is -0.373 e. The zero-order valence-corrected chi connectivity index (χ0v) is 18.1. The summed E-state index contributed by atoms with van der Waals surface area (Å²) in [6.07, 6.45) is 3.65. The molecule has 0 saturated carbocycles. The van der Waals surface area contributed by atoms with Crippen LogP contribution < -0.4 is 5.32 Å². The number of hydrogen-bond donors (Lipinski definition) is 2. The first-order valence-corrected chi connectivity index (χ1v) is 10.4. The van der Waals surface area contributed by atoms with Gasteiger partial charge in [0, 0.05) is 38.5 Å². The van der Waals surface area contributed by atoms with Crippen molar-refractivity contribution in [2.24, 2.45) is 0 Å². The number of anilines is 2. The van der Waals surface area contributed by atoms with Gasteiger partial charge in [-0.25, -0.2) is 19.9 Å². The van der Waals surface area contributed by atoms with Gasteiger partial charge in [-0.1, -0.05) is 17.3 Å². The zero-order chi connectivity index (χ0) is 23.0. The van der Waals surface area contributed by atoms with Crippen molar-refractivity contribution in [3.05, 3.63) is 66.2 Å². The van der Waals surface area contributed by atoms with Gasteiger partial charge in [-0.05, 0) is 36.8 Å². The summed E-state index contributed by atoms with van der Waals surface area (Å²) < 4.78 is 5.33. The number of pyridine rings is 2. The lowest BCUT2D eigenvalue weighted by molar-refractivity contribution is -0.144. The molecule has 33 heavy (non-hydrogen) atoms. The van der Waals surface area contributed by atoms with Gasteiger partial charge in [0.05, 0.1) is 17.1 Å². The second-order valence-electron chi connectivity index (χ2n) is 7.93. The van der Waals surface area contributed by atoms with Gasteiger partial charge in [0.1, 0.15) is 11.5 Å². The van der Waals surface area contributed by atoms with E-state index in [-0.39, 0.29) is 12.2 Å². The monoisotopic (exact) mass is 443 g/mol. The number of carbonyl (C=O) groups excluding carboxylic acids is 1. The van der Waals surface area contributed by atoms with Gasteiger partial charge in [-0.2, -0.15) is 0 Å². The van der Waals surface area contributed by atoms with Crippen molar-refractivity contribution in [3.63, 3.8) is 0 Å². The first-order chi connectivity index (χ1) is 15.9. The molecule has 0 radical (unpaired) electrons. The predicted molar refractivity (Wildman–Crippen MR) is 119 cm³/mol. The topological polar surface area (TPSA) is 130 Å². The normalized spacial score (nSPS) is 18.0. The largest absolute Gasteiger partial charge is 0.373 e. The molecule has 5 heterocycles. The molecule has 4 aromatic heterocycles. The molecule has 1 aliphatic heterocycles. The van der Waals surface area contributed by atoms with Crippen LogP contribution >= 0.6 is 0 Å². The molecule has 0 unspecified atom stereocenters. The molecule has 0 aromatic carbocycles. The molecule has 2 N–H and O–H groups in total. The lowest BCUT2D eigenvalue weighted by atomic mass is 9.98. The number of nitrogens with one attached hydrogen (secondary N) is 1. The Kier molecular flexibility index (Phi) is 5.06. The maximum Gasteiger partial charge on any atom is 0.262 e. The number of aliphatic hydroxyl groups is 1. The highest BCUT2D eigenvalue weighted by Gasteiger charge is 2.48. The third-order valence-electron chi connectivity index (χ3n) is 5.51. The molecular formula is C23H21N7O3. The van der Waals surface area contributed by atoms with Crippen LogP contribution in [-0.2, 0) is 10.4 Å². The molecule has 10 heteroatoms. The van der Waals surface area contributed by atoms with Crippen molar-refractivity contribution < 1.29 is 14.4 Å². The van der Waals surface area contributed by atoms with E-state index in [2.05, 4.69) is 30.4 Å². The van der Waals surface area contributed by atoms with Gasteiger partial charge < -0.3 is 19.8 Å². The Morgan fingerprint density at radius 3 is 2.58 bits per heavy atom. The fourth-order valence-corrected chi connectivity index (χ4v) is 3.61.